The van der Waals surface area contributed by atoms with Gasteiger partial charge in [0.1, 0.15) is 0 Å². The van der Waals surface area contributed by atoms with E-state index < -0.39 is 45.7 Å². The van der Waals surface area contributed by atoms with Crippen LogP contribution >= 0.6 is 7.92 Å². The van der Waals surface area contributed by atoms with Crippen LogP contribution in [0.2, 0.25) is 0 Å². The molecule has 0 aliphatic rings. The molecule has 0 spiro atoms. The molecule has 0 unspecified atom stereocenters. The van der Waals surface area contributed by atoms with Crippen molar-refractivity contribution in [1.82, 2.24) is 0 Å². The van der Waals surface area contributed by atoms with E-state index in [0.717, 1.165) is 0 Å². The SMILES string of the molecule is FC(F)CP(CC(F)F)CC(F)F. The molecular formula is C6H9F6P. The second kappa shape index (κ2) is 6.46. The third kappa shape index (κ3) is 8.34. The Balaban J connectivity index is 3.87. The lowest BCUT2D eigenvalue weighted by Gasteiger charge is -2.15. The summed E-state index contributed by atoms with van der Waals surface area (Å²) < 4.78 is 70.3. The Bertz CT molecular complexity index is 105. The largest absolute Gasteiger partial charge is 0.242 e. The first-order valence-corrected chi connectivity index (χ1v) is 5.38. The van der Waals surface area contributed by atoms with Crippen LogP contribution < -0.4 is 0 Å². The van der Waals surface area contributed by atoms with E-state index in [0.29, 0.717) is 0 Å². The molecule has 0 bridgehead atoms. The predicted octanol–water partition coefficient (Wildman–Crippen LogP) is 3.26. The summed E-state index contributed by atoms with van der Waals surface area (Å²) in [5.41, 5.74) is 0. The van der Waals surface area contributed by atoms with E-state index in [9.17, 15) is 26.3 Å². The van der Waals surface area contributed by atoms with Crippen molar-refractivity contribution >= 4 is 7.92 Å². The topological polar surface area (TPSA) is 0 Å². The van der Waals surface area contributed by atoms with Crippen LogP contribution in [0.15, 0.2) is 0 Å². The molecule has 7 heteroatoms. The Kier molecular flexibility index (Phi) is 6.47. The van der Waals surface area contributed by atoms with Gasteiger partial charge in [0.25, 0.3) is 0 Å². The van der Waals surface area contributed by atoms with Crippen LogP contribution in [0.4, 0.5) is 26.3 Å². The van der Waals surface area contributed by atoms with Gasteiger partial charge in [-0.3, -0.25) is 0 Å². The van der Waals surface area contributed by atoms with Crippen molar-refractivity contribution in [3.05, 3.63) is 0 Å². The summed E-state index contributed by atoms with van der Waals surface area (Å²) in [4.78, 5) is 0. The predicted molar refractivity (Wildman–Crippen MR) is 39.5 cm³/mol. The van der Waals surface area contributed by atoms with Gasteiger partial charge in [-0.2, -0.15) is 0 Å². The van der Waals surface area contributed by atoms with Gasteiger partial charge in [0.2, 0.25) is 19.3 Å². The Morgan fingerprint density at radius 1 is 0.615 bits per heavy atom. The van der Waals surface area contributed by atoms with Gasteiger partial charge in [-0.15, -0.1) is 0 Å². The lowest BCUT2D eigenvalue weighted by atomic mass is 10.8. The maximum Gasteiger partial charge on any atom is 0.242 e. The summed E-state index contributed by atoms with van der Waals surface area (Å²) in [7, 11) is -1.93. The number of rotatable bonds is 6. The Hall–Kier alpha value is 0.01000. The molecule has 0 N–H and O–H groups in total. The first-order chi connectivity index (χ1) is 5.91. The number of alkyl halides is 6. The number of halogens is 6. The van der Waals surface area contributed by atoms with Crippen LogP contribution in [0.3, 0.4) is 0 Å². The first-order valence-electron chi connectivity index (χ1n) is 3.48. The minimum absolute atomic E-state index is 0.815. The molecule has 0 fully saturated rings. The zero-order valence-corrected chi connectivity index (χ0v) is 7.46. The van der Waals surface area contributed by atoms with E-state index in [1.807, 2.05) is 0 Å². The molecule has 80 valence electrons. The molecule has 0 aromatic heterocycles. The van der Waals surface area contributed by atoms with Crippen LogP contribution in [0.5, 0.6) is 0 Å². The Morgan fingerprint density at radius 3 is 1.00 bits per heavy atom. The highest BCUT2D eigenvalue weighted by atomic mass is 31.1. The van der Waals surface area contributed by atoms with E-state index >= 15 is 0 Å². The summed E-state index contributed by atoms with van der Waals surface area (Å²) in [6.45, 7) is 0. The van der Waals surface area contributed by atoms with Crippen molar-refractivity contribution in [3.8, 4) is 0 Å². The highest BCUT2D eigenvalue weighted by Gasteiger charge is 2.22. The Labute approximate surface area is 73.1 Å². The molecule has 0 saturated carbocycles. The zero-order valence-electron chi connectivity index (χ0n) is 6.57. The lowest BCUT2D eigenvalue weighted by Crippen LogP contribution is -2.11. The third-order valence-electron chi connectivity index (χ3n) is 1.19. The summed E-state index contributed by atoms with van der Waals surface area (Å²) in [5, 5.41) is 0. The minimum Gasteiger partial charge on any atom is -0.210 e. The fourth-order valence-electron chi connectivity index (χ4n) is 0.809. The molecule has 0 aromatic rings. The molecule has 0 rings (SSSR count). The highest BCUT2D eigenvalue weighted by Crippen LogP contribution is 2.40. The van der Waals surface area contributed by atoms with Crippen LogP contribution in [0.25, 0.3) is 0 Å². The number of hydrogen-bond donors (Lipinski definition) is 0. The van der Waals surface area contributed by atoms with Crippen LogP contribution in [0.1, 0.15) is 0 Å². The number of hydrogen-bond acceptors (Lipinski definition) is 0. The summed E-state index contributed by atoms with van der Waals surface area (Å²) in [5.74, 6) is 0. The standard InChI is InChI=1S/C6H9F6P/c7-4(8)1-13(2-5(9)10)3-6(11)12/h4-6H,1-3H2. The highest BCUT2D eigenvalue weighted by molar-refractivity contribution is 7.57. The van der Waals surface area contributed by atoms with Gasteiger partial charge in [0.05, 0.1) is 0 Å². The normalized spacial score (nSPS) is 12.5. The second-order valence-electron chi connectivity index (χ2n) is 2.39. The molecule has 0 radical (unpaired) electrons. The van der Waals surface area contributed by atoms with Crippen molar-refractivity contribution < 1.29 is 26.3 Å². The van der Waals surface area contributed by atoms with E-state index in [2.05, 4.69) is 0 Å². The van der Waals surface area contributed by atoms with E-state index in [1.165, 1.54) is 0 Å². The summed E-state index contributed by atoms with van der Waals surface area (Å²) >= 11 is 0. The molecule has 0 aliphatic carbocycles. The molecule has 0 heterocycles. The maximum atomic E-state index is 11.7. The fourth-order valence-corrected chi connectivity index (χ4v) is 2.43. The smallest absolute Gasteiger partial charge is 0.210 e. The van der Waals surface area contributed by atoms with Crippen molar-refractivity contribution in [2.24, 2.45) is 0 Å². The molecule has 0 aromatic carbocycles. The van der Waals surface area contributed by atoms with Gasteiger partial charge in [-0.05, 0) is 0 Å². The van der Waals surface area contributed by atoms with Gasteiger partial charge in [-0.25, -0.2) is 26.3 Å². The van der Waals surface area contributed by atoms with Gasteiger partial charge >= 0.3 is 0 Å². The average Bonchev–Trinajstić information content (AvgIpc) is 1.80. The van der Waals surface area contributed by atoms with E-state index in [4.69, 9.17) is 0 Å². The average molecular weight is 226 g/mol. The van der Waals surface area contributed by atoms with E-state index in [1.54, 1.807) is 0 Å². The molecule has 0 saturated heterocycles. The van der Waals surface area contributed by atoms with Crippen LogP contribution in [-0.4, -0.2) is 37.8 Å². The lowest BCUT2D eigenvalue weighted by molar-refractivity contribution is 0.161. The molecule has 0 nitrogen and oxygen atoms in total. The van der Waals surface area contributed by atoms with Crippen molar-refractivity contribution in [2.45, 2.75) is 19.3 Å². The van der Waals surface area contributed by atoms with Gasteiger partial charge in [0, 0.05) is 18.5 Å². The first kappa shape index (κ1) is 13.0. The van der Waals surface area contributed by atoms with Gasteiger partial charge < -0.3 is 0 Å². The van der Waals surface area contributed by atoms with Gasteiger partial charge in [-0.1, -0.05) is 7.92 Å². The molecular weight excluding hydrogens is 217 g/mol. The van der Waals surface area contributed by atoms with Crippen LogP contribution in [-0.2, 0) is 0 Å². The molecule has 0 atom stereocenters. The molecule has 0 amide bonds. The quantitative estimate of drug-likeness (QED) is 0.481. The summed E-state index contributed by atoms with van der Waals surface area (Å²) in [6, 6.07) is 0. The fraction of sp³-hybridized carbons (Fsp3) is 1.00. The minimum atomic E-state index is -2.77. The van der Waals surface area contributed by atoms with Crippen molar-refractivity contribution in [2.75, 3.05) is 18.5 Å². The summed E-state index contributed by atoms with van der Waals surface area (Å²) in [6.07, 6.45) is -10.8. The zero-order chi connectivity index (χ0) is 10.4. The second-order valence-corrected chi connectivity index (χ2v) is 4.83. The molecule has 13 heavy (non-hydrogen) atoms. The van der Waals surface area contributed by atoms with E-state index in [-0.39, 0.29) is 0 Å². The molecule has 0 aliphatic heterocycles. The maximum absolute atomic E-state index is 11.7. The van der Waals surface area contributed by atoms with Crippen LogP contribution in [0, 0.1) is 0 Å². The van der Waals surface area contributed by atoms with Crippen molar-refractivity contribution in [1.29, 1.82) is 0 Å². The third-order valence-corrected chi connectivity index (χ3v) is 3.57. The van der Waals surface area contributed by atoms with Crippen molar-refractivity contribution in [3.63, 3.8) is 0 Å². The Morgan fingerprint density at radius 2 is 0.846 bits per heavy atom. The monoisotopic (exact) mass is 226 g/mol. The van der Waals surface area contributed by atoms with Gasteiger partial charge in [0.15, 0.2) is 0 Å².